The van der Waals surface area contributed by atoms with Gasteiger partial charge in [0.1, 0.15) is 6.04 Å². The number of rotatable bonds is 7. The molecule has 1 heterocycles. The van der Waals surface area contributed by atoms with Gasteiger partial charge in [0, 0.05) is 32.0 Å². The molecule has 1 rings (SSSR count). The number of carbonyl (C=O) groups is 2. The number of methoxy groups -OCH3 is 1. The highest BCUT2D eigenvalue weighted by molar-refractivity contribution is 5.82. The molecule has 1 aromatic rings. The SMILES string of the molecule is COCCNC(=O)N[C@@H](Cc1cnc[nH]1)C(=O)O. The Balaban J connectivity index is 2.42. The van der Waals surface area contributed by atoms with Crippen molar-refractivity contribution in [2.45, 2.75) is 12.5 Å². The summed E-state index contributed by atoms with van der Waals surface area (Å²) in [5.74, 6) is -1.11. The van der Waals surface area contributed by atoms with Crippen LogP contribution in [-0.2, 0) is 16.0 Å². The lowest BCUT2D eigenvalue weighted by Crippen LogP contribution is -2.47. The molecule has 0 spiro atoms. The molecule has 0 aliphatic heterocycles. The monoisotopic (exact) mass is 256 g/mol. The Morgan fingerprint density at radius 1 is 1.61 bits per heavy atom. The predicted molar refractivity (Wildman–Crippen MR) is 62.1 cm³/mol. The molecule has 0 radical (unpaired) electrons. The quantitative estimate of drug-likeness (QED) is 0.484. The first-order valence-electron chi connectivity index (χ1n) is 5.37. The molecule has 1 atom stereocenters. The van der Waals surface area contributed by atoms with Crippen molar-refractivity contribution in [3.05, 3.63) is 18.2 Å². The van der Waals surface area contributed by atoms with Gasteiger partial charge in [0.05, 0.1) is 12.9 Å². The van der Waals surface area contributed by atoms with Crippen LogP contribution in [-0.4, -0.2) is 53.4 Å². The number of hydrogen-bond donors (Lipinski definition) is 4. The molecule has 0 aliphatic carbocycles. The van der Waals surface area contributed by atoms with E-state index in [0.717, 1.165) is 0 Å². The van der Waals surface area contributed by atoms with Crippen molar-refractivity contribution in [3.63, 3.8) is 0 Å². The Bertz CT molecular complexity index is 379. The Morgan fingerprint density at radius 3 is 2.94 bits per heavy atom. The van der Waals surface area contributed by atoms with E-state index in [1.54, 1.807) is 0 Å². The maximum absolute atomic E-state index is 11.4. The van der Waals surface area contributed by atoms with E-state index < -0.39 is 18.0 Å². The van der Waals surface area contributed by atoms with Crippen LogP contribution in [0.2, 0.25) is 0 Å². The van der Waals surface area contributed by atoms with Gasteiger partial charge in [0.15, 0.2) is 0 Å². The standard InChI is InChI=1S/C10H16N4O4/c1-18-3-2-12-10(17)14-8(9(15)16)4-7-5-11-6-13-7/h5-6,8H,2-4H2,1H3,(H,11,13)(H,15,16)(H2,12,14,17)/t8-/m0/s1. The summed E-state index contributed by atoms with van der Waals surface area (Å²) in [6, 6.07) is -1.55. The van der Waals surface area contributed by atoms with Crippen LogP contribution < -0.4 is 10.6 Å². The van der Waals surface area contributed by atoms with Crippen LogP contribution in [0.15, 0.2) is 12.5 Å². The number of aromatic amines is 1. The van der Waals surface area contributed by atoms with Gasteiger partial charge in [-0.05, 0) is 0 Å². The van der Waals surface area contributed by atoms with Crippen LogP contribution in [0.3, 0.4) is 0 Å². The van der Waals surface area contributed by atoms with Crippen molar-refractivity contribution in [3.8, 4) is 0 Å². The normalized spacial score (nSPS) is 11.8. The molecule has 2 amide bonds. The average molecular weight is 256 g/mol. The third-order valence-corrected chi connectivity index (χ3v) is 2.17. The summed E-state index contributed by atoms with van der Waals surface area (Å²) in [4.78, 5) is 28.9. The molecule has 18 heavy (non-hydrogen) atoms. The highest BCUT2D eigenvalue weighted by atomic mass is 16.5. The van der Waals surface area contributed by atoms with Crippen LogP contribution in [0.25, 0.3) is 0 Å². The van der Waals surface area contributed by atoms with Crippen molar-refractivity contribution < 1.29 is 19.4 Å². The first-order valence-corrected chi connectivity index (χ1v) is 5.37. The van der Waals surface area contributed by atoms with Crippen molar-refractivity contribution in [2.75, 3.05) is 20.3 Å². The molecule has 4 N–H and O–H groups in total. The third-order valence-electron chi connectivity index (χ3n) is 2.17. The van der Waals surface area contributed by atoms with Gasteiger partial charge in [-0.25, -0.2) is 14.6 Å². The molecule has 0 aliphatic rings. The van der Waals surface area contributed by atoms with E-state index in [2.05, 4.69) is 20.6 Å². The number of carbonyl (C=O) groups excluding carboxylic acids is 1. The fourth-order valence-electron chi connectivity index (χ4n) is 1.29. The summed E-state index contributed by atoms with van der Waals surface area (Å²) in [6.07, 6.45) is 3.11. The van der Waals surface area contributed by atoms with E-state index in [4.69, 9.17) is 9.84 Å². The Labute approximate surface area is 104 Å². The number of nitrogens with zero attached hydrogens (tertiary/aromatic N) is 1. The lowest BCUT2D eigenvalue weighted by atomic mass is 10.2. The molecule has 0 aromatic carbocycles. The minimum Gasteiger partial charge on any atom is -0.480 e. The molecule has 8 nitrogen and oxygen atoms in total. The zero-order valence-electron chi connectivity index (χ0n) is 9.97. The van der Waals surface area contributed by atoms with Gasteiger partial charge in [-0.3, -0.25) is 0 Å². The Morgan fingerprint density at radius 2 is 2.39 bits per heavy atom. The maximum atomic E-state index is 11.4. The van der Waals surface area contributed by atoms with Crippen molar-refractivity contribution in [1.29, 1.82) is 0 Å². The number of hydrogen-bond acceptors (Lipinski definition) is 4. The van der Waals surface area contributed by atoms with Gasteiger partial charge in [-0.1, -0.05) is 0 Å². The summed E-state index contributed by atoms with van der Waals surface area (Å²) in [6.45, 7) is 0.685. The molecule has 0 saturated carbocycles. The third kappa shape index (κ3) is 4.83. The fourth-order valence-corrected chi connectivity index (χ4v) is 1.29. The number of nitrogens with one attached hydrogen (secondary N) is 3. The van der Waals surface area contributed by atoms with Gasteiger partial charge in [-0.2, -0.15) is 0 Å². The van der Waals surface area contributed by atoms with Crippen molar-refractivity contribution >= 4 is 12.0 Å². The Kier molecular flexibility index (Phi) is 5.65. The Hall–Kier alpha value is -2.09. The molecule has 0 saturated heterocycles. The van der Waals surface area contributed by atoms with Crippen LogP contribution in [0.4, 0.5) is 4.79 Å². The number of aliphatic carboxylic acids is 1. The highest BCUT2D eigenvalue weighted by Crippen LogP contribution is 1.98. The second-order valence-electron chi connectivity index (χ2n) is 3.56. The number of amides is 2. The van der Waals surface area contributed by atoms with Crippen LogP contribution >= 0.6 is 0 Å². The molecule has 100 valence electrons. The number of carboxylic acids is 1. The van der Waals surface area contributed by atoms with Gasteiger partial charge in [-0.15, -0.1) is 0 Å². The van der Waals surface area contributed by atoms with Gasteiger partial charge in [0.25, 0.3) is 0 Å². The van der Waals surface area contributed by atoms with E-state index in [0.29, 0.717) is 18.8 Å². The molecular formula is C10H16N4O4. The zero-order chi connectivity index (χ0) is 13.4. The number of aromatic nitrogens is 2. The van der Waals surface area contributed by atoms with Crippen LogP contribution in [0.5, 0.6) is 0 Å². The van der Waals surface area contributed by atoms with E-state index in [1.165, 1.54) is 19.6 Å². The first-order chi connectivity index (χ1) is 8.63. The topological polar surface area (TPSA) is 116 Å². The van der Waals surface area contributed by atoms with E-state index in [9.17, 15) is 9.59 Å². The molecule has 0 bridgehead atoms. The van der Waals surface area contributed by atoms with E-state index in [1.807, 2.05) is 0 Å². The summed E-state index contributed by atoms with van der Waals surface area (Å²) < 4.78 is 4.76. The zero-order valence-corrected chi connectivity index (χ0v) is 9.97. The summed E-state index contributed by atoms with van der Waals surface area (Å²) in [7, 11) is 1.51. The largest absolute Gasteiger partial charge is 0.480 e. The van der Waals surface area contributed by atoms with Gasteiger partial charge >= 0.3 is 12.0 Å². The highest BCUT2D eigenvalue weighted by Gasteiger charge is 2.20. The molecule has 0 fully saturated rings. The lowest BCUT2D eigenvalue weighted by molar-refractivity contribution is -0.139. The summed E-state index contributed by atoms with van der Waals surface area (Å²) in [5, 5.41) is 13.8. The van der Waals surface area contributed by atoms with E-state index >= 15 is 0 Å². The second kappa shape index (κ2) is 7.28. The molecule has 8 heteroatoms. The molecule has 0 unspecified atom stereocenters. The first kappa shape index (κ1) is 14.0. The van der Waals surface area contributed by atoms with Crippen LogP contribution in [0.1, 0.15) is 5.69 Å². The second-order valence-corrected chi connectivity index (χ2v) is 3.56. The maximum Gasteiger partial charge on any atom is 0.326 e. The van der Waals surface area contributed by atoms with Crippen LogP contribution in [0, 0.1) is 0 Å². The number of H-pyrrole nitrogens is 1. The van der Waals surface area contributed by atoms with E-state index in [-0.39, 0.29) is 6.42 Å². The average Bonchev–Trinajstić information content (AvgIpc) is 2.81. The lowest BCUT2D eigenvalue weighted by Gasteiger charge is -2.14. The number of urea groups is 1. The van der Waals surface area contributed by atoms with Crippen molar-refractivity contribution in [2.24, 2.45) is 0 Å². The number of ether oxygens (including phenoxy) is 1. The van der Waals surface area contributed by atoms with Gasteiger partial charge < -0.3 is 25.5 Å². The minimum atomic E-state index is -1.11. The summed E-state index contributed by atoms with van der Waals surface area (Å²) >= 11 is 0. The smallest absolute Gasteiger partial charge is 0.326 e. The minimum absolute atomic E-state index is 0.146. The van der Waals surface area contributed by atoms with Gasteiger partial charge in [0.2, 0.25) is 0 Å². The summed E-state index contributed by atoms with van der Waals surface area (Å²) in [5.41, 5.74) is 0.639. The number of carboxylic acid groups (broad SMARTS) is 1. The number of imidazole rings is 1. The van der Waals surface area contributed by atoms with Crippen molar-refractivity contribution in [1.82, 2.24) is 20.6 Å². The predicted octanol–water partition coefficient (Wildman–Crippen LogP) is -0.649. The molecule has 1 aromatic heterocycles. The molecular weight excluding hydrogens is 240 g/mol. The fraction of sp³-hybridized carbons (Fsp3) is 0.500.